The topological polar surface area (TPSA) is 0 Å². The van der Waals surface area contributed by atoms with Crippen LogP contribution in [-0.4, -0.2) is 45.5 Å². The summed E-state index contributed by atoms with van der Waals surface area (Å²) in [4.78, 5) is 0. The standard InChI is InChI=1S/CH14P2Si4/c4-2(5)1-3(6)7/h1H2,4-7H3. The maximum absolute atomic E-state index is 1.74. The zero-order valence-corrected chi connectivity index (χ0v) is 15.4. The summed E-state index contributed by atoms with van der Waals surface area (Å²) >= 11 is 0. The third kappa shape index (κ3) is 7.73. The Hall–Kier alpha value is 1.73. The van der Waals surface area contributed by atoms with Gasteiger partial charge in [0.2, 0.25) is 0 Å². The molecule has 0 rings (SSSR count). The lowest BCUT2D eigenvalue weighted by Gasteiger charge is -2.07. The fraction of sp³-hybridized carbons (Fsp3) is 1.00. The first-order valence-corrected chi connectivity index (χ1v) is 18.0. The maximum atomic E-state index is 1.74. The monoisotopic (exact) mass is 200 g/mol. The summed E-state index contributed by atoms with van der Waals surface area (Å²) in [6.45, 7) is 0. The molecule has 0 nitrogen and oxygen atoms in total. The lowest BCUT2D eigenvalue weighted by atomic mass is 11.9. The molecule has 0 saturated carbocycles. The van der Waals surface area contributed by atoms with Crippen molar-refractivity contribution in [1.82, 2.24) is 0 Å². The minimum atomic E-state index is 0.736. The highest BCUT2D eigenvalue weighted by atomic mass is 31.6. The Morgan fingerprint density at radius 1 is 0.857 bits per heavy atom. The van der Waals surface area contributed by atoms with E-state index in [9.17, 15) is 0 Å². The predicted molar refractivity (Wildman–Crippen MR) is 58.5 cm³/mol. The minimum absolute atomic E-state index is 0.736. The quantitative estimate of drug-likeness (QED) is 0.330. The number of hydrogen-bond acceptors (Lipinski definition) is 0. The fourth-order valence-corrected chi connectivity index (χ4v) is 45.8. The molecular weight excluding hydrogens is 186 g/mol. The van der Waals surface area contributed by atoms with Crippen molar-refractivity contribution in [3.63, 3.8) is 0 Å². The van der Waals surface area contributed by atoms with Gasteiger partial charge in [-0.3, -0.25) is 0 Å². The first-order chi connectivity index (χ1) is 3.13. The SMILES string of the molecule is [SiH3]P([SiH3])CP([SiH3])[SiH3]. The Morgan fingerprint density at radius 3 is 1.14 bits per heavy atom. The highest BCUT2D eigenvalue weighted by molar-refractivity contribution is 8.14. The van der Waals surface area contributed by atoms with Gasteiger partial charge in [0.25, 0.3) is 0 Å². The number of rotatable bonds is 2. The van der Waals surface area contributed by atoms with E-state index in [1.165, 1.54) is 0 Å². The van der Waals surface area contributed by atoms with E-state index in [1.807, 2.05) is 0 Å². The second-order valence-electron chi connectivity index (χ2n) is 2.30. The van der Waals surface area contributed by atoms with Gasteiger partial charge < -0.3 is 0 Å². The van der Waals surface area contributed by atoms with E-state index >= 15 is 0 Å². The molecular formula is CH14P2Si4. The first kappa shape index (κ1) is 8.73. The van der Waals surface area contributed by atoms with E-state index in [0.29, 0.717) is 0 Å². The maximum Gasteiger partial charge on any atom is 0.0276 e. The zero-order chi connectivity index (χ0) is 5.86. The van der Waals surface area contributed by atoms with Gasteiger partial charge in [0.05, 0.1) is 0 Å². The van der Waals surface area contributed by atoms with Gasteiger partial charge in [-0.1, -0.05) is 0 Å². The molecule has 0 unspecified atom stereocenters. The van der Waals surface area contributed by atoms with Crippen molar-refractivity contribution in [2.45, 2.75) is 0 Å². The molecule has 6 heteroatoms. The second kappa shape index (κ2) is 4.59. The van der Waals surface area contributed by atoms with Crippen LogP contribution in [0.5, 0.6) is 0 Å². The van der Waals surface area contributed by atoms with Gasteiger partial charge in [-0.2, -0.15) is 0 Å². The summed E-state index contributed by atoms with van der Waals surface area (Å²) in [6.07, 6.45) is 0. The largest absolute Gasteiger partial charge is 0.147 e. The van der Waals surface area contributed by atoms with E-state index in [-0.39, 0.29) is 0 Å². The molecule has 0 aliphatic carbocycles. The molecule has 0 N–H and O–H groups in total. The van der Waals surface area contributed by atoms with E-state index in [2.05, 4.69) is 0 Å². The molecule has 0 fully saturated rings. The van der Waals surface area contributed by atoms with Crippen LogP contribution in [0.1, 0.15) is 0 Å². The lowest BCUT2D eigenvalue weighted by Crippen LogP contribution is -1.80. The summed E-state index contributed by atoms with van der Waals surface area (Å²) in [5.41, 5.74) is 0. The van der Waals surface area contributed by atoms with Crippen molar-refractivity contribution in [3.05, 3.63) is 0 Å². The molecule has 0 radical (unpaired) electrons. The number of hydrogen-bond donors (Lipinski definition) is 0. The summed E-state index contributed by atoms with van der Waals surface area (Å²) in [5, 5.41) is 0. The van der Waals surface area contributed by atoms with Crippen molar-refractivity contribution in [2.75, 3.05) is 5.90 Å². The molecule has 0 heterocycles. The van der Waals surface area contributed by atoms with Crippen LogP contribution in [0.25, 0.3) is 0 Å². The molecule has 0 bridgehead atoms. The molecule has 0 atom stereocenters. The predicted octanol–water partition coefficient (Wildman–Crippen LogP) is -2.97. The Labute approximate surface area is 59.8 Å². The Morgan fingerprint density at radius 2 is 1.14 bits per heavy atom. The highest BCUT2D eigenvalue weighted by Gasteiger charge is 1.93. The van der Waals surface area contributed by atoms with Gasteiger partial charge in [-0.25, -0.2) is 0 Å². The van der Waals surface area contributed by atoms with Crippen LogP contribution in [-0.2, 0) is 0 Å². The van der Waals surface area contributed by atoms with E-state index in [1.54, 1.807) is 45.5 Å². The zero-order valence-electron chi connectivity index (χ0n) is 5.60. The van der Waals surface area contributed by atoms with Gasteiger partial charge in [-0.15, -0.1) is 14.0 Å². The van der Waals surface area contributed by atoms with Crippen molar-refractivity contribution >= 4 is 53.7 Å². The Bertz CT molecular complexity index is 39.0. The molecule has 0 aliphatic rings. The van der Waals surface area contributed by atoms with Crippen molar-refractivity contribution in [1.29, 1.82) is 0 Å². The van der Waals surface area contributed by atoms with Gasteiger partial charge >= 0.3 is 0 Å². The van der Waals surface area contributed by atoms with Crippen LogP contribution in [0.2, 0.25) is 0 Å². The second-order valence-corrected chi connectivity index (χ2v) is 36.8. The van der Waals surface area contributed by atoms with Crippen molar-refractivity contribution in [2.24, 2.45) is 0 Å². The van der Waals surface area contributed by atoms with Gasteiger partial charge in [-0.05, 0) is 5.90 Å². The van der Waals surface area contributed by atoms with Crippen LogP contribution in [0.4, 0.5) is 0 Å². The molecule has 0 amide bonds. The van der Waals surface area contributed by atoms with Crippen LogP contribution < -0.4 is 0 Å². The lowest BCUT2D eigenvalue weighted by molar-refractivity contribution is 2.26. The molecule has 0 aliphatic heterocycles. The van der Waals surface area contributed by atoms with E-state index in [4.69, 9.17) is 0 Å². The van der Waals surface area contributed by atoms with Crippen LogP contribution in [0, 0.1) is 0 Å². The molecule has 0 spiro atoms. The molecule has 0 aromatic heterocycles. The van der Waals surface area contributed by atoms with Gasteiger partial charge in [0, 0.05) is 39.6 Å². The Balaban J connectivity index is 2.95. The molecule has 7 heavy (non-hydrogen) atoms. The van der Waals surface area contributed by atoms with Crippen LogP contribution in [0.15, 0.2) is 0 Å². The molecule has 0 aromatic carbocycles. The molecule has 44 valence electrons. The normalized spacial score (nSPS) is 20.6. The van der Waals surface area contributed by atoms with E-state index < -0.39 is 0 Å². The average Bonchev–Trinajstić information content (AvgIpc) is 1.27. The average molecular weight is 200 g/mol. The summed E-state index contributed by atoms with van der Waals surface area (Å²) in [7, 11) is 7.69. The molecule has 0 aromatic rings. The Kier molecular flexibility index (Phi) is 5.72. The van der Waals surface area contributed by atoms with Crippen LogP contribution in [0.3, 0.4) is 0 Å². The third-order valence-corrected chi connectivity index (χ3v) is 15.3. The first-order valence-electron chi connectivity index (χ1n) is 2.42. The van der Waals surface area contributed by atoms with Gasteiger partial charge in [0.15, 0.2) is 0 Å². The minimum Gasteiger partial charge on any atom is -0.147 e. The fourth-order valence-electron chi connectivity index (χ4n) is 0.566. The highest BCUT2D eigenvalue weighted by Crippen LogP contribution is 2.37. The van der Waals surface area contributed by atoms with Crippen molar-refractivity contribution in [3.8, 4) is 0 Å². The third-order valence-electron chi connectivity index (χ3n) is 0.566. The van der Waals surface area contributed by atoms with Crippen LogP contribution >= 0.6 is 14.0 Å². The van der Waals surface area contributed by atoms with E-state index in [0.717, 1.165) is 14.0 Å². The summed E-state index contributed by atoms with van der Waals surface area (Å²) in [5.74, 6) is 1.74. The smallest absolute Gasteiger partial charge is 0.0276 e. The van der Waals surface area contributed by atoms with Gasteiger partial charge in [0.1, 0.15) is 0 Å². The summed E-state index contributed by atoms with van der Waals surface area (Å²) in [6, 6.07) is 0. The van der Waals surface area contributed by atoms with Crippen molar-refractivity contribution < 1.29 is 0 Å². The summed E-state index contributed by atoms with van der Waals surface area (Å²) < 4.78 is 0. The molecule has 0 saturated heterocycles.